The molecule has 0 heterocycles. The van der Waals surface area contributed by atoms with Gasteiger partial charge in [0, 0.05) is 11.1 Å². The van der Waals surface area contributed by atoms with Crippen molar-refractivity contribution in [1.82, 2.24) is 0 Å². The quantitative estimate of drug-likeness (QED) is 0.254. The number of benzene rings is 2. The van der Waals surface area contributed by atoms with E-state index in [4.69, 9.17) is 13.0 Å². The first kappa shape index (κ1) is 25.7. The molecule has 1 atom stereocenters. The summed E-state index contributed by atoms with van der Waals surface area (Å²) < 4.78 is 58.9. The Morgan fingerprint density at radius 2 is 1.31 bits per heavy atom. The van der Waals surface area contributed by atoms with Crippen molar-refractivity contribution in [2.24, 2.45) is 0 Å². The second-order valence-corrected chi connectivity index (χ2v) is 17.4. The number of halogens is 3. The van der Waals surface area contributed by atoms with Crippen molar-refractivity contribution < 1.29 is 26.1 Å². The van der Waals surface area contributed by atoms with E-state index in [0.717, 1.165) is 0 Å². The van der Waals surface area contributed by atoms with Crippen LogP contribution in [0.15, 0.2) is 54.6 Å². The average molecular weight is 465 g/mol. The maximum atomic E-state index is 10.7. The highest BCUT2D eigenvalue weighted by Crippen LogP contribution is 2.21. The van der Waals surface area contributed by atoms with Gasteiger partial charge in [0.25, 0.3) is 0 Å². The Kier molecular flexibility index (Phi) is 9.45. The lowest BCUT2D eigenvalue weighted by molar-refractivity contribution is -0.0517. The lowest BCUT2D eigenvalue weighted by atomic mass is 10.2. The molecule has 0 aliphatic carbocycles. The van der Waals surface area contributed by atoms with Gasteiger partial charge in [0.05, 0.1) is 5.38 Å². The van der Waals surface area contributed by atoms with Crippen LogP contribution >= 0.6 is 0 Å². The molecule has 0 radical (unpaired) electrons. The van der Waals surface area contributed by atoms with E-state index in [2.05, 4.69) is 81.2 Å². The highest BCUT2D eigenvalue weighted by molar-refractivity contribution is 7.97. The molecule has 162 valence electrons. The lowest BCUT2D eigenvalue weighted by Crippen LogP contribution is -2.33. The molecule has 29 heavy (non-hydrogen) atoms. The van der Waals surface area contributed by atoms with Gasteiger partial charge in [-0.3, -0.25) is 0 Å². The van der Waals surface area contributed by atoms with Gasteiger partial charge in [0.15, 0.2) is 10.1 Å². The van der Waals surface area contributed by atoms with Crippen molar-refractivity contribution in [3.05, 3.63) is 71.3 Å². The monoisotopic (exact) mass is 464 g/mol. The highest BCUT2D eigenvalue weighted by atomic mass is 32.2. The minimum Gasteiger partial charge on any atom is -0.741 e. The van der Waals surface area contributed by atoms with Crippen molar-refractivity contribution in [3.8, 4) is 0 Å². The van der Waals surface area contributed by atoms with E-state index in [1.165, 1.54) is 33.6 Å². The molecule has 2 rings (SSSR count). The Morgan fingerprint density at radius 1 is 0.897 bits per heavy atom. The number of hydrogen-bond donors (Lipinski definition) is 0. The zero-order chi connectivity index (χ0) is 22.3. The van der Waals surface area contributed by atoms with Gasteiger partial charge in [-0.15, -0.1) is 0 Å². The Bertz CT molecular complexity index is 847. The molecule has 2 aromatic carbocycles. The molecule has 0 amide bonds. The third-order valence-electron chi connectivity index (χ3n) is 3.63. The predicted molar refractivity (Wildman–Crippen MR) is 116 cm³/mol. The molecule has 0 aromatic heterocycles. The minimum atomic E-state index is -6.09. The summed E-state index contributed by atoms with van der Waals surface area (Å²) in [7, 11) is -6.66. The average Bonchev–Trinajstić information content (AvgIpc) is 2.55. The highest BCUT2D eigenvalue weighted by Gasteiger charge is 2.37. The second kappa shape index (κ2) is 10.7. The van der Waals surface area contributed by atoms with E-state index in [1.807, 2.05) is 0 Å². The van der Waals surface area contributed by atoms with Crippen LogP contribution in [0.3, 0.4) is 0 Å². The first-order chi connectivity index (χ1) is 13.2. The molecule has 0 aliphatic rings. The van der Waals surface area contributed by atoms with Crippen LogP contribution in [0.5, 0.6) is 0 Å². The summed E-state index contributed by atoms with van der Waals surface area (Å²) >= 11 is 0. The summed E-state index contributed by atoms with van der Waals surface area (Å²) in [5.41, 5.74) is -1.30. The molecule has 0 saturated carbocycles. The topological polar surface area (TPSA) is 57.2 Å². The number of aryl methyl sites for hydroxylation is 1. The SMILES string of the molecule is Cc1ccc(C[S+](Cc2ccccc2)C[Si](C)(C)C)cc1.O=S(=O)([O-])C(F)(F)F. The summed E-state index contributed by atoms with van der Waals surface area (Å²) in [6, 6.07) is 20.1. The molecule has 2 aromatic rings. The van der Waals surface area contributed by atoms with Crippen LogP contribution in [0.25, 0.3) is 0 Å². The van der Waals surface area contributed by atoms with Crippen LogP contribution in [0, 0.1) is 6.92 Å². The molecule has 3 nitrogen and oxygen atoms in total. The van der Waals surface area contributed by atoms with Crippen molar-refractivity contribution in [2.45, 2.75) is 43.6 Å². The van der Waals surface area contributed by atoms with Gasteiger partial charge in [0.2, 0.25) is 0 Å². The first-order valence-electron chi connectivity index (χ1n) is 8.93. The molecule has 0 N–H and O–H groups in total. The molecular weight excluding hydrogens is 437 g/mol. The zero-order valence-electron chi connectivity index (χ0n) is 17.0. The zero-order valence-corrected chi connectivity index (χ0v) is 19.6. The van der Waals surface area contributed by atoms with Crippen molar-refractivity contribution in [2.75, 3.05) is 5.38 Å². The van der Waals surface area contributed by atoms with Crippen LogP contribution in [0.4, 0.5) is 13.2 Å². The number of rotatable bonds is 6. The Morgan fingerprint density at radius 3 is 1.69 bits per heavy atom. The van der Waals surface area contributed by atoms with E-state index in [0.29, 0.717) is 10.9 Å². The van der Waals surface area contributed by atoms with Crippen molar-refractivity contribution in [3.63, 3.8) is 0 Å². The van der Waals surface area contributed by atoms with E-state index < -0.39 is 23.7 Å². The third kappa shape index (κ3) is 10.9. The maximum Gasteiger partial charge on any atom is 0.485 e. The molecule has 0 aliphatic heterocycles. The van der Waals surface area contributed by atoms with E-state index in [-0.39, 0.29) is 0 Å². The fourth-order valence-electron chi connectivity index (χ4n) is 2.50. The summed E-state index contributed by atoms with van der Waals surface area (Å²) in [4.78, 5) is 0. The number of alkyl halides is 3. The van der Waals surface area contributed by atoms with E-state index in [9.17, 15) is 13.2 Å². The molecular formula is C20H27F3O3S2Si. The van der Waals surface area contributed by atoms with Gasteiger partial charge in [0.1, 0.15) is 19.6 Å². The van der Waals surface area contributed by atoms with Crippen molar-refractivity contribution >= 4 is 29.1 Å². The van der Waals surface area contributed by atoms with Gasteiger partial charge in [-0.25, -0.2) is 8.42 Å². The largest absolute Gasteiger partial charge is 0.741 e. The van der Waals surface area contributed by atoms with Gasteiger partial charge >= 0.3 is 5.51 Å². The molecule has 9 heteroatoms. The minimum absolute atomic E-state index is 0.459. The van der Waals surface area contributed by atoms with Crippen LogP contribution in [0.1, 0.15) is 16.7 Å². The second-order valence-electron chi connectivity index (χ2n) is 7.98. The van der Waals surface area contributed by atoms with Gasteiger partial charge in [-0.05, 0) is 17.8 Å². The summed E-state index contributed by atoms with van der Waals surface area (Å²) in [6.07, 6.45) is 0. The summed E-state index contributed by atoms with van der Waals surface area (Å²) in [5, 5.41) is 1.43. The van der Waals surface area contributed by atoms with E-state index >= 15 is 0 Å². The molecule has 0 bridgehead atoms. The third-order valence-corrected chi connectivity index (χ3v) is 10.8. The Hall–Kier alpha value is -1.29. The smallest absolute Gasteiger partial charge is 0.485 e. The van der Waals surface area contributed by atoms with Gasteiger partial charge < -0.3 is 4.55 Å². The van der Waals surface area contributed by atoms with Gasteiger partial charge in [-0.1, -0.05) is 79.8 Å². The predicted octanol–water partition coefficient (Wildman–Crippen LogP) is 5.24. The Labute approximate surface area is 175 Å². The molecule has 1 unspecified atom stereocenters. The molecule has 0 fully saturated rings. The maximum absolute atomic E-state index is 10.7. The normalized spacial score (nSPS) is 13.4. The summed E-state index contributed by atoms with van der Waals surface area (Å²) in [5.74, 6) is 2.47. The molecule has 0 spiro atoms. The van der Waals surface area contributed by atoms with Crippen LogP contribution in [-0.4, -0.2) is 31.9 Å². The fourth-order valence-corrected chi connectivity index (χ4v) is 9.64. The summed E-state index contributed by atoms with van der Waals surface area (Å²) in [6.45, 7) is 9.64. The lowest BCUT2D eigenvalue weighted by Gasteiger charge is -2.18. The van der Waals surface area contributed by atoms with Crippen LogP contribution in [0.2, 0.25) is 19.6 Å². The standard InChI is InChI=1S/C19H27SSi.CHF3O3S/c1-17-10-12-19(13-11-17)15-20(16-21(2,3)4)14-18-8-6-5-7-9-18;2-1(3,4)8(5,6)7/h5-13H,14-16H2,1-4H3;(H,5,6,7)/q+1;/p-1. The first-order valence-corrected chi connectivity index (χ1v) is 15.8. The Balaban J connectivity index is 0.000000447. The van der Waals surface area contributed by atoms with Crippen molar-refractivity contribution in [1.29, 1.82) is 0 Å². The van der Waals surface area contributed by atoms with Crippen LogP contribution < -0.4 is 0 Å². The van der Waals surface area contributed by atoms with Gasteiger partial charge in [-0.2, -0.15) is 13.2 Å². The molecule has 0 saturated heterocycles. The fraction of sp³-hybridized carbons (Fsp3) is 0.400. The number of hydrogen-bond acceptors (Lipinski definition) is 3. The van der Waals surface area contributed by atoms with E-state index in [1.54, 1.807) is 0 Å². The van der Waals surface area contributed by atoms with Crippen LogP contribution in [-0.2, 0) is 32.5 Å².